The smallest absolute Gasteiger partial charge is 0.259 e. The van der Waals surface area contributed by atoms with Gasteiger partial charge in [-0.1, -0.05) is 68.4 Å². The molecule has 5 aromatic carbocycles. The van der Waals surface area contributed by atoms with E-state index in [0.717, 1.165) is 44.1 Å². The van der Waals surface area contributed by atoms with Crippen LogP contribution in [0.3, 0.4) is 0 Å². The van der Waals surface area contributed by atoms with E-state index in [4.69, 9.17) is 0 Å². The minimum absolute atomic E-state index is 0.170. The summed E-state index contributed by atoms with van der Waals surface area (Å²) < 4.78 is 32.9. The quantitative estimate of drug-likeness (QED) is 0.145. The summed E-state index contributed by atoms with van der Waals surface area (Å²) in [6.07, 6.45) is 2.73. The molecule has 0 N–H and O–H groups in total. The third kappa shape index (κ3) is 2.93. The zero-order valence-electron chi connectivity index (χ0n) is 19.6. The first-order chi connectivity index (χ1) is 16.9. The van der Waals surface area contributed by atoms with Gasteiger partial charge in [0.25, 0.3) is 0 Å². The fourth-order valence-electron chi connectivity index (χ4n) is 5.85. The summed E-state index contributed by atoms with van der Waals surface area (Å²) in [5, 5.41) is 7.70. The van der Waals surface area contributed by atoms with Gasteiger partial charge < -0.3 is 0 Å². The molecule has 1 aliphatic rings. The number of hydrogen-bond donors (Lipinski definition) is 0. The normalized spacial score (nSPS) is 14.3. The molecular formula is C31H23F2NSi. The van der Waals surface area contributed by atoms with E-state index in [1.807, 2.05) is 36.4 Å². The highest BCUT2D eigenvalue weighted by atomic mass is 28.4. The van der Waals surface area contributed by atoms with Crippen molar-refractivity contribution in [3.05, 3.63) is 90.6 Å². The van der Waals surface area contributed by atoms with Crippen LogP contribution in [0.5, 0.6) is 0 Å². The van der Waals surface area contributed by atoms with Crippen LogP contribution in [0.4, 0.5) is 8.22 Å². The van der Waals surface area contributed by atoms with Crippen molar-refractivity contribution in [3.8, 4) is 11.3 Å². The van der Waals surface area contributed by atoms with Crippen LogP contribution < -0.4 is 10.4 Å². The molecule has 35 heavy (non-hydrogen) atoms. The molecule has 1 nitrogen and oxygen atoms in total. The predicted octanol–water partition coefficient (Wildman–Crippen LogP) is 7.37. The average Bonchev–Trinajstić information content (AvgIpc) is 2.85. The molecule has 0 unspecified atom stereocenters. The summed E-state index contributed by atoms with van der Waals surface area (Å²) in [6, 6.07) is 25.7. The first-order valence-corrected chi connectivity index (χ1v) is 13.9. The topological polar surface area (TPSA) is 12.9 Å². The lowest BCUT2D eigenvalue weighted by atomic mass is 9.92. The van der Waals surface area contributed by atoms with E-state index in [1.165, 1.54) is 5.56 Å². The molecule has 1 aliphatic heterocycles. The Hall–Kier alpha value is -3.63. The average molecular weight is 476 g/mol. The zero-order valence-corrected chi connectivity index (χ0v) is 20.6. The van der Waals surface area contributed by atoms with Crippen LogP contribution in [-0.4, -0.2) is 13.7 Å². The van der Waals surface area contributed by atoms with Crippen molar-refractivity contribution in [2.24, 2.45) is 5.92 Å². The molecule has 0 aliphatic carbocycles. The van der Waals surface area contributed by atoms with Gasteiger partial charge >= 0.3 is 8.74 Å². The maximum absolute atomic E-state index is 16.5. The van der Waals surface area contributed by atoms with E-state index in [0.29, 0.717) is 22.6 Å². The maximum Gasteiger partial charge on any atom is 0.488 e. The van der Waals surface area contributed by atoms with Gasteiger partial charge in [-0.05, 0) is 79.9 Å². The number of nitrogens with zero attached hydrogens (tertiary/aromatic N) is 1. The summed E-state index contributed by atoms with van der Waals surface area (Å²) in [7, 11) is -4.96. The standard InChI is InChI=1S/C31H23F2NSi/c1-18(2)13-19-7-8-20-9-10-23-24-11-12-34-31-27-15-21-5-3-4-6-22(21)16-28(27)35(32,33)29(30(24)31)17-26(23)25(20)14-19/h3-12,14-18H,13H2,1-2H3. The molecule has 7 rings (SSSR count). The number of rotatable bonds is 2. The molecular weight excluding hydrogens is 452 g/mol. The second kappa shape index (κ2) is 7.19. The van der Waals surface area contributed by atoms with Crippen molar-refractivity contribution in [2.45, 2.75) is 20.3 Å². The van der Waals surface area contributed by atoms with Gasteiger partial charge in [-0.2, -0.15) is 0 Å². The molecule has 0 saturated carbocycles. The van der Waals surface area contributed by atoms with Crippen molar-refractivity contribution >= 4 is 62.2 Å². The molecule has 1 aromatic heterocycles. The van der Waals surface area contributed by atoms with Crippen LogP contribution in [-0.2, 0) is 6.42 Å². The van der Waals surface area contributed by atoms with Crippen LogP contribution >= 0.6 is 0 Å². The van der Waals surface area contributed by atoms with E-state index in [2.05, 4.69) is 49.2 Å². The van der Waals surface area contributed by atoms with Gasteiger partial charge in [-0.15, -0.1) is 0 Å². The number of aromatic nitrogens is 1. The summed E-state index contributed by atoms with van der Waals surface area (Å²) in [4.78, 5) is 4.66. The minimum atomic E-state index is -4.96. The fourth-order valence-corrected chi connectivity index (χ4v) is 7.90. The Kier molecular flexibility index (Phi) is 4.25. The minimum Gasteiger partial charge on any atom is -0.259 e. The van der Waals surface area contributed by atoms with Gasteiger partial charge in [0.15, 0.2) is 0 Å². The van der Waals surface area contributed by atoms with Crippen LogP contribution in [0.15, 0.2) is 85.1 Å². The van der Waals surface area contributed by atoms with E-state index in [-0.39, 0.29) is 10.4 Å². The van der Waals surface area contributed by atoms with Gasteiger partial charge in [0, 0.05) is 27.5 Å². The Morgan fingerprint density at radius 3 is 2.29 bits per heavy atom. The summed E-state index contributed by atoms with van der Waals surface area (Å²) in [6.45, 7) is 4.40. The summed E-state index contributed by atoms with van der Waals surface area (Å²) in [5.74, 6) is 0.529. The Morgan fingerprint density at radius 1 is 0.714 bits per heavy atom. The van der Waals surface area contributed by atoms with Crippen molar-refractivity contribution in [1.82, 2.24) is 4.98 Å². The molecule has 2 heterocycles. The summed E-state index contributed by atoms with van der Waals surface area (Å²) >= 11 is 0. The molecule has 170 valence electrons. The number of hydrogen-bond acceptors (Lipinski definition) is 1. The van der Waals surface area contributed by atoms with Gasteiger partial charge in [0.2, 0.25) is 0 Å². The molecule has 0 bridgehead atoms. The molecule has 6 aromatic rings. The lowest BCUT2D eigenvalue weighted by molar-refractivity contribution is 0.648. The lowest BCUT2D eigenvalue weighted by Gasteiger charge is -2.27. The molecule has 0 atom stereocenters. The first-order valence-electron chi connectivity index (χ1n) is 12.1. The molecule has 4 heteroatoms. The van der Waals surface area contributed by atoms with Gasteiger partial charge in [-0.3, -0.25) is 13.2 Å². The Bertz CT molecular complexity index is 1840. The van der Waals surface area contributed by atoms with Crippen LogP contribution in [0.25, 0.3) is 54.3 Å². The highest BCUT2D eigenvalue weighted by Gasteiger charge is 2.48. The largest absolute Gasteiger partial charge is 0.488 e. The second-order valence-electron chi connectivity index (χ2n) is 10.1. The highest BCUT2D eigenvalue weighted by Crippen LogP contribution is 2.39. The molecule has 0 amide bonds. The van der Waals surface area contributed by atoms with E-state index in [9.17, 15) is 0 Å². The van der Waals surface area contributed by atoms with Crippen LogP contribution in [0.1, 0.15) is 19.4 Å². The Labute approximate surface area is 203 Å². The SMILES string of the molecule is CC(C)Cc1ccc2ccc3c4ccnc5c4c(cc3c2c1)[Si](F)(F)c1cc2ccccc2cc1-5. The highest BCUT2D eigenvalue weighted by molar-refractivity contribution is 6.95. The molecule has 0 radical (unpaired) electrons. The predicted molar refractivity (Wildman–Crippen MR) is 145 cm³/mol. The van der Waals surface area contributed by atoms with Crippen molar-refractivity contribution in [1.29, 1.82) is 0 Å². The van der Waals surface area contributed by atoms with Gasteiger partial charge in [0.05, 0.1) is 5.69 Å². The number of benzene rings is 5. The van der Waals surface area contributed by atoms with E-state index in [1.54, 1.807) is 18.3 Å². The van der Waals surface area contributed by atoms with Crippen molar-refractivity contribution in [3.63, 3.8) is 0 Å². The third-order valence-electron chi connectivity index (χ3n) is 7.39. The first kappa shape index (κ1) is 20.7. The molecule has 0 fully saturated rings. The third-order valence-corrected chi connectivity index (χ3v) is 9.55. The Morgan fingerprint density at radius 2 is 1.49 bits per heavy atom. The molecule has 0 spiro atoms. The monoisotopic (exact) mass is 475 g/mol. The van der Waals surface area contributed by atoms with Gasteiger partial charge in [0.1, 0.15) is 0 Å². The maximum atomic E-state index is 16.5. The summed E-state index contributed by atoms with van der Waals surface area (Å²) in [5.41, 5.74) is 2.50. The second-order valence-corrected chi connectivity index (χ2v) is 12.4. The number of pyridine rings is 1. The van der Waals surface area contributed by atoms with E-state index < -0.39 is 8.74 Å². The van der Waals surface area contributed by atoms with Crippen LogP contribution in [0.2, 0.25) is 0 Å². The Balaban J connectivity index is 1.63. The number of fused-ring (bicyclic) bond motifs is 7. The zero-order chi connectivity index (χ0) is 23.9. The van der Waals surface area contributed by atoms with Crippen molar-refractivity contribution in [2.75, 3.05) is 0 Å². The molecule has 0 saturated heterocycles. The van der Waals surface area contributed by atoms with E-state index >= 15 is 8.22 Å². The fraction of sp³-hybridized carbons (Fsp3) is 0.129. The lowest BCUT2D eigenvalue weighted by Crippen LogP contribution is -2.54. The van der Waals surface area contributed by atoms with Crippen molar-refractivity contribution < 1.29 is 8.22 Å². The van der Waals surface area contributed by atoms with Crippen LogP contribution in [0, 0.1) is 5.92 Å². The number of halogens is 2. The van der Waals surface area contributed by atoms with Gasteiger partial charge in [-0.25, -0.2) is 0 Å².